The number of carbonyl (C=O) groups is 1. The zero-order chi connectivity index (χ0) is 11.0. The van der Waals surface area contributed by atoms with Crippen molar-refractivity contribution < 1.29 is 14.3 Å². The summed E-state index contributed by atoms with van der Waals surface area (Å²) in [5, 5.41) is 10.9. The molecule has 0 saturated carbocycles. The van der Waals surface area contributed by atoms with E-state index in [-0.39, 0.29) is 11.9 Å². The number of rotatable bonds is 1. The summed E-state index contributed by atoms with van der Waals surface area (Å²) in [6.45, 7) is 1.81. The summed E-state index contributed by atoms with van der Waals surface area (Å²) in [5.41, 5.74) is 2.22. The Morgan fingerprint density at radius 3 is 2.87 bits per heavy atom. The van der Waals surface area contributed by atoms with Gasteiger partial charge in [-0.15, -0.1) is 0 Å². The van der Waals surface area contributed by atoms with Crippen molar-refractivity contribution >= 4 is 6.09 Å². The molecule has 1 aliphatic carbocycles. The predicted octanol–water partition coefficient (Wildman–Crippen LogP) is 1.26. The quantitative estimate of drug-likeness (QED) is 0.733. The smallest absolute Gasteiger partial charge is 0.404 e. The number of aromatic nitrogens is 1. The normalized spacial score (nSPS) is 18.7. The summed E-state index contributed by atoms with van der Waals surface area (Å²) in [6, 6.07) is -0.227. The van der Waals surface area contributed by atoms with E-state index >= 15 is 0 Å². The first-order chi connectivity index (χ1) is 7.08. The number of aryl methyl sites for hydroxylation is 1. The van der Waals surface area contributed by atoms with Gasteiger partial charge in [-0.3, -0.25) is 4.98 Å². The van der Waals surface area contributed by atoms with Crippen LogP contribution in [-0.4, -0.2) is 22.2 Å². The van der Waals surface area contributed by atoms with Crippen LogP contribution in [0.25, 0.3) is 0 Å². The number of carboxylic acid groups (broad SMARTS) is 1. The van der Waals surface area contributed by atoms with Gasteiger partial charge in [0.15, 0.2) is 0 Å². The van der Waals surface area contributed by atoms with Crippen LogP contribution in [0.15, 0.2) is 6.20 Å². The lowest BCUT2D eigenvalue weighted by Crippen LogP contribution is -2.34. The fraction of sp³-hybridized carbons (Fsp3) is 0.400. The molecule has 1 heterocycles. The third-order valence-corrected chi connectivity index (χ3v) is 2.69. The second-order valence-corrected chi connectivity index (χ2v) is 3.70. The van der Waals surface area contributed by atoms with Crippen LogP contribution in [0, 0.1) is 12.7 Å². The molecule has 0 radical (unpaired) electrons. The van der Waals surface area contributed by atoms with Gasteiger partial charge in [-0.05, 0) is 30.9 Å². The lowest BCUT2D eigenvalue weighted by atomic mass is 10.1. The lowest BCUT2D eigenvalue weighted by Gasteiger charge is -2.07. The summed E-state index contributed by atoms with van der Waals surface area (Å²) >= 11 is 0. The summed E-state index contributed by atoms with van der Waals surface area (Å²) < 4.78 is 13.3. The van der Waals surface area contributed by atoms with Gasteiger partial charge in [-0.1, -0.05) is 0 Å². The first kappa shape index (κ1) is 9.89. The van der Waals surface area contributed by atoms with Crippen LogP contribution in [0.5, 0.6) is 0 Å². The zero-order valence-electron chi connectivity index (χ0n) is 8.25. The van der Waals surface area contributed by atoms with Gasteiger partial charge in [-0.25, -0.2) is 9.18 Å². The Labute approximate surface area is 86.1 Å². The molecule has 0 saturated heterocycles. The van der Waals surface area contributed by atoms with Gasteiger partial charge in [0.1, 0.15) is 5.82 Å². The summed E-state index contributed by atoms with van der Waals surface area (Å²) in [5.74, 6) is -0.342. The van der Waals surface area contributed by atoms with E-state index < -0.39 is 6.09 Å². The molecule has 15 heavy (non-hydrogen) atoms. The van der Waals surface area contributed by atoms with Gasteiger partial charge in [0.25, 0.3) is 0 Å². The summed E-state index contributed by atoms with van der Waals surface area (Å²) in [7, 11) is 0. The highest BCUT2D eigenvalue weighted by atomic mass is 19.1. The molecule has 1 aromatic heterocycles. The first-order valence-corrected chi connectivity index (χ1v) is 4.70. The van der Waals surface area contributed by atoms with Crippen molar-refractivity contribution in [2.24, 2.45) is 0 Å². The van der Waals surface area contributed by atoms with E-state index in [0.717, 1.165) is 11.3 Å². The Morgan fingerprint density at radius 2 is 2.27 bits per heavy atom. The third-order valence-electron chi connectivity index (χ3n) is 2.69. The van der Waals surface area contributed by atoms with Gasteiger partial charge in [-0.2, -0.15) is 0 Å². The van der Waals surface area contributed by atoms with Gasteiger partial charge in [0.2, 0.25) is 0 Å². The van der Waals surface area contributed by atoms with E-state index in [1.807, 2.05) is 0 Å². The molecule has 0 spiro atoms. The minimum Gasteiger partial charge on any atom is -0.465 e. The van der Waals surface area contributed by atoms with E-state index in [1.54, 1.807) is 6.92 Å². The van der Waals surface area contributed by atoms with Crippen molar-refractivity contribution in [3.8, 4) is 0 Å². The molecule has 2 rings (SSSR count). The Balaban J connectivity index is 2.26. The monoisotopic (exact) mass is 210 g/mol. The summed E-state index contributed by atoms with van der Waals surface area (Å²) in [6.07, 6.45) is 1.06. The third kappa shape index (κ3) is 1.77. The Bertz CT molecular complexity index is 389. The Morgan fingerprint density at radius 1 is 1.60 bits per heavy atom. The molecule has 80 valence electrons. The highest BCUT2D eigenvalue weighted by Gasteiger charge is 2.27. The van der Waals surface area contributed by atoms with Crippen molar-refractivity contribution in [1.82, 2.24) is 10.3 Å². The molecular weight excluding hydrogens is 199 g/mol. The van der Waals surface area contributed by atoms with E-state index in [1.165, 1.54) is 6.20 Å². The number of nitrogens with zero attached hydrogens (tertiary/aromatic N) is 1. The Hall–Kier alpha value is -1.65. The van der Waals surface area contributed by atoms with Crippen molar-refractivity contribution in [2.45, 2.75) is 25.8 Å². The second kappa shape index (κ2) is 3.49. The van der Waals surface area contributed by atoms with Crippen LogP contribution < -0.4 is 5.32 Å². The maximum Gasteiger partial charge on any atom is 0.404 e. The topological polar surface area (TPSA) is 62.2 Å². The van der Waals surface area contributed by atoms with Crippen LogP contribution >= 0.6 is 0 Å². The zero-order valence-corrected chi connectivity index (χ0v) is 8.25. The van der Waals surface area contributed by atoms with Crippen molar-refractivity contribution in [3.63, 3.8) is 0 Å². The molecule has 2 N–H and O–H groups in total. The highest BCUT2D eigenvalue weighted by molar-refractivity contribution is 5.65. The fourth-order valence-electron chi connectivity index (χ4n) is 2.01. The average Bonchev–Trinajstić information content (AvgIpc) is 2.55. The molecule has 1 aromatic rings. The van der Waals surface area contributed by atoms with Gasteiger partial charge in [0, 0.05) is 11.7 Å². The van der Waals surface area contributed by atoms with Gasteiger partial charge < -0.3 is 10.4 Å². The standard InChI is InChI=1S/C10H11FN2O2/c1-5-7-2-6(13-10(14)15)3-8(7)9(11)4-12-5/h4,6,13H,2-3H2,1H3,(H,14,15). The number of nitrogens with one attached hydrogen (secondary N) is 1. The molecule has 1 unspecified atom stereocenters. The van der Waals surface area contributed by atoms with Crippen LogP contribution in [-0.2, 0) is 12.8 Å². The van der Waals surface area contributed by atoms with E-state index in [4.69, 9.17) is 5.11 Å². The highest BCUT2D eigenvalue weighted by Crippen LogP contribution is 2.26. The summed E-state index contributed by atoms with van der Waals surface area (Å²) in [4.78, 5) is 14.4. The van der Waals surface area contributed by atoms with E-state index in [9.17, 15) is 9.18 Å². The van der Waals surface area contributed by atoms with Crippen molar-refractivity contribution in [2.75, 3.05) is 0 Å². The number of hydrogen-bond acceptors (Lipinski definition) is 2. The molecular formula is C10H11FN2O2. The maximum absolute atomic E-state index is 13.3. The van der Waals surface area contributed by atoms with Gasteiger partial charge in [0.05, 0.1) is 6.20 Å². The Kier molecular flexibility index (Phi) is 2.30. The molecule has 0 fully saturated rings. The lowest BCUT2D eigenvalue weighted by molar-refractivity contribution is 0.190. The minimum absolute atomic E-state index is 0.227. The predicted molar refractivity (Wildman–Crippen MR) is 51.3 cm³/mol. The molecule has 1 aliphatic rings. The SMILES string of the molecule is Cc1ncc(F)c2c1CC(NC(=O)O)C2. The van der Waals surface area contributed by atoms with Crippen LogP contribution in [0.2, 0.25) is 0 Å². The van der Waals surface area contributed by atoms with E-state index in [0.29, 0.717) is 18.4 Å². The number of halogens is 1. The molecule has 4 nitrogen and oxygen atoms in total. The molecule has 1 atom stereocenters. The fourth-order valence-corrected chi connectivity index (χ4v) is 2.01. The second-order valence-electron chi connectivity index (χ2n) is 3.70. The first-order valence-electron chi connectivity index (χ1n) is 4.70. The largest absolute Gasteiger partial charge is 0.465 e. The van der Waals surface area contributed by atoms with Crippen molar-refractivity contribution in [1.29, 1.82) is 0 Å². The number of amides is 1. The number of fused-ring (bicyclic) bond motifs is 1. The molecule has 0 aliphatic heterocycles. The van der Waals surface area contributed by atoms with Crippen LogP contribution in [0.1, 0.15) is 16.8 Å². The van der Waals surface area contributed by atoms with Crippen molar-refractivity contribution in [3.05, 3.63) is 28.8 Å². The van der Waals surface area contributed by atoms with E-state index in [2.05, 4.69) is 10.3 Å². The molecule has 5 heteroatoms. The average molecular weight is 210 g/mol. The molecule has 1 amide bonds. The number of hydrogen-bond donors (Lipinski definition) is 2. The van der Waals surface area contributed by atoms with Crippen LogP contribution in [0.3, 0.4) is 0 Å². The van der Waals surface area contributed by atoms with Gasteiger partial charge >= 0.3 is 6.09 Å². The minimum atomic E-state index is -1.07. The van der Waals surface area contributed by atoms with Crippen LogP contribution in [0.4, 0.5) is 9.18 Å². The number of pyridine rings is 1. The maximum atomic E-state index is 13.3. The molecule has 0 aromatic carbocycles. The molecule has 0 bridgehead atoms.